The van der Waals surface area contributed by atoms with Crippen molar-refractivity contribution < 1.29 is 14.3 Å². The zero-order valence-corrected chi connectivity index (χ0v) is 12.6. The molecule has 2 bridgehead atoms. The predicted molar refractivity (Wildman–Crippen MR) is 79.6 cm³/mol. The maximum absolute atomic E-state index is 11.9. The smallest absolute Gasteiger partial charge is 0.310 e. The molecule has 0 aromatic heterocycles. The molecule has 6 nitrogen and oxygen atoms in total. The van der Waals surface area contributed by atoms with E-state index in [1.165, 1.54) is 7.11 Å². The van der Waals surface area contributed by atoms with Crippen molar-refractivity contribution in [3.8, 4) is 0 Å². The van der Waals surface area contributed by atoms with Gasteiger partial charge in [0.15, 0.2) is 0 Å². The van der Waals surface area contributed by atoms with Crippen LogP contribution in [-0.4, -0.2) is 36.3 Å². The van der Waals surface area contributed by atoms with Crippen molar-refractivity contribution in [2.75, 3.05) is 13.7 Å². The number of fused-ring (bicyclic) bond motifs is 2. The number of carbonyl (C=O) groups excluding carboxylic acids is 1. The first-order valence-corrected chi connectivity index (χ1v) is 7.52. The van der Waals surface area contributed by atoms with Gasteiger partial charge in [-0.2, -0.15) is 0 Å². The molecule has 0 saturated carbocycles. The van der Waals surface area contributed by atoms with Gasteiger partial charge in [-0.1, -0.05) is 30.3 Å². The molecule has 2 fully saturated rings. The van der Waals surface area contributed by atoms with Crippen LogP contribution in [0, 0.1) is 10.8 Å². The second-order valence-electron chi connectivity index (χ2n) is 6.07. The lowest BCUT2D eigenvalue weighted by Crippen LogP contribution is -2.41. The monoisotopic (exact) mass is 304 g/mol. The molecule has 1 aromatic rings. The molecule has 0 N–H and O–H groups in total. The summed E-state index contributed by atoms with van der Waals surface area (Å²) in [6, 6.07) is 9.73. The van der Waals surface area contributed by atoms with E-state index in [0.29, 0.717) is 19.6 Å². The molecule has 0 aliphatic carbocycles. The first-order chi connectivity index (χ1) is 10.7. The molecule has 1 aromatic carbocycles. The zero-order valence-electron chi connectivity index (χ0n) is 12.6. The Kier molecular flexibility index (Phi) is 4.11. The average molecular weight is 304 g/mol. The van der Waals surface area contributed by atoms with Gasteiger partial charge < -0.3 is 9.47 Å². The summed E-state index contributed by atoms with van der Waals surface area (Å²) in [4.78, 5) is 23.1. The van der Waals surface area contributed by atoms with Gasteiger partial charge in [0.25, 0.3) is 0 Å². The number of methoxy groups -OCH3 is 1. The number of ether oxygens (including phenoxy) is 2. The van der Waals surface area contributed by atoms with Crippen molar-refractivity contribution in [2.24, 2.45) is 11.2 Å². The Hall–Kier alpha value is -1.95. The third kappa shape index (κ3) is 2.47. The van der Waals surface area contributed by atoms with Crippen LogP contribution in [0.3, 0.4) is 0 Å². The van der Waals surface area contributed by atoms with Crippen LogP contribution in [0.25, 0.3) is 0 Å². The van der Waals surface area contributed by atoms with Crippen LogP contribution in [0.2, 0.25) is 0 Å². The van der Waals surface area contributed by atoms with Crippen LogP contribution in [0.15, 0.2) is 35.6 Å². The second kappa shape index (κ2) is 6.04. The minimum atomic E-state index is -0.458. The largest absolute Gasteiger partial charge is 0.469 e. The quantitative estimate of drug-likeness (QED) is 0.596. The number of nitroso groups, excluding NO2 is 1. The number of nitrogens with zero attached hydrogens (tertiary/aromatic N) is 2. The van der Waals surface area contributed by atoms with Crippen molar-refractivity contribution in [1.82, 2.24) is 5.01 Å². The Labute approximate surface area is 129 Å². The van der Waals surface area contributed by atoms with Gasteiger partial charge in [-0.25, -0.2) is 5.01 Å². The van der Waals surface area contributed by atoms with Gasteiger partial charge in [0.05, 0.1) is 43.1 Å². The van der Waals surface area contributed by atoms with E-state index in [0.717, 1.165) is 18.4 Å². The Balaban J connectivity index is 1.66. The van der Waals surface area contributed by atoms with Gasteiger partial charge in [-0.05, 0) is 24.8 Å². The lowest BCUT2D eigenvalue weighted by molar-refractivity contribution is -0.146. The minimum absolute atomic E-state index is 0.148. The summed E-state index contributed by atoms with van der Waals surface area (Å²) >= 11 is 0. The first kappa shape index (κ1) is 15.0. The average Bonchev–Trinajstić information content (AvgIpc) is 3.07. The maximum Gasteiger partial charge on any atom is 0.310 e. The number of hydrogen-bond donors (Lipinski definition) is 0. The third-order valence-corrected chi connectivity index (χ3v) is 4.84. The van der Waals surface area contributed by atoms with Crippen LogP contribution >= 0.6 is 0 Å². The second-order valence-corrected chi connectivity index (χ2v) is 6.07. The Morgan fingerprint density at radius 3 is 2.86 bits per heavy atom. The van der Waals surface area contributed by atoms with E-state index >= 15 is 0 Å². The van der Waals surface area contributed by atoms with Crippen LogP contribution in [0.4, 0.5) is 0 Å². The van der Waals surface area contributed by atoms with Crippen molar-refractivity contribution >= 4 is 5.97 Å². The Morgan fingerprint density at radius 1 is 1.41 bits per heavy atom. The lowest BCUT2D eigenvalue weighted by atomic mass is 9.81. The fraction of sp³-hybridized carbons (Fsp3) is 0.562. The predicted octanol–water partition coefficient (Wildman–Crippen LogP) is 2.28. The molecular formula is C16H20N2O4. The fourth-order valence-corrected chi connectivity index (χ4v) is 3.79. The fourth-order valence-electron chi connectivity index (χ4n) is 3.79. The molecular weight excluding hydrogens is 284 g/mol. The Bertz CT molecular complexity index is 550. The van der Waals surface area contributed by atoms with E-state index in [-0.39, 0.29) is 17.9 Å². The third-order valence-electron chi connectivity index (χ3n) is 4.84. The maximum atomic E-state index is 11.9. The minimum Gasteiger partial charge on any atom is -0.469 e. The van der Waals surface area contributed by atoms with Gasteiger partial charge in [0, 0.05) is 0 Å². The van der Waals surface area contributed by atoms with Crippen LogP contribution in [0.1, 0.15) is 24.8 Å². The highest BCUT2D eigenvalue weighted by Crippen LogP contribution is 2.50. The summed E-state index contributed by atoms with van der Waals surface area (Å²) < 4.78 is 10.7. The molecule has 22 heavy (non-hydrogen) atoms. The highest BCUT2D eigenvalue weighted by molar-refractivity contribution is 5.74. The normalized spacial score (nSPS) is 29.6. The van der Waals surface area contributed by atoms with E-state index < -0.39 is 5.54 Å². The lowest BCUT2D eigenvalue weighted by Gasteiger charge is -2.30. The molecule has 0 spiro atoms. The molecule has 2 saturated heterocycles. The number of benzene rings is 1. The van der Waals surface area contributed by atoms with Crippen molar-refractivity contribution in [2.45, 2.75) is 37.5 Å². The first-order valence-electron chi connectivity index (χ1n) is 7.52. The summed E-state index contributed by atoms with van der Waals surface area (Å²) in [5, 5.41) is 4.71. The highest BCUT2D eigenvalue weighted by Gasteiger charge is 2.60. The molecule has 6 heteroatoms. The summed E-state index contributed by atoms with van der Waals surface area (Å²) in [6.45, 7) is 0.889. The highest BCUT2D eigenvalue weighted by atomic mass is 16.5. The summed E-state index contributed by atoms with van der Waals surface area (Å²) in [7, 11) is 1.38. The number of rotatable bonds is 6. The molecule has 118 valence electrons. The number of hydrogen-bond acceptors (Lipinski definition) is 5. The summed E-state index contributed by atoms with van der Waals surface area (Å²) in [6.07, 6.45) is 2.18. The zero-order chi connectivity index (χ0) is 15.6. The van der Waals surface area contributed by atoms with Gasteiger partial charge in [0.1, 0.15) is 0 Å². The van der Waals surface area contributed by atoms with E-state index in [4.69, 9.17) is 9.47 Å². The van der Waals surface area contributed by atoms with E-state index in [1.54, 1.807) is 5.01 Å². The van der Waals surface area contributed by atoms with E-state index in [1.807, 2.05) is 30.3 Å². The van der Waals surface area contributed by atoms with Gasteiger partial charge in [-0.3, -0.25) is 4.79 Å². The summed E-state index contributed by atoms with van der Waals surface area (Å²) in [5.41, 5.74) is 0.627. The summed E-state index contributed by atoms with van der Waals surface area (Å²) in [5.74, 6) is -0.542. The SMILES string of the molecule is COC(=O)[C@H]1C[C@@]2(COCc3ccccc3)CC[C@@H]1N2N=O. The molecule has 2 aliphatic rings. The Morgan fingerprint density at radius 2 is 2.18 bits per heavy atom. The van der Waals surface area contributed by atoms with Crippen LogP contribution in [-0.2, 0) is 20.9 Å². The van der Waals surface area contributed by atoms with Crippen molar-refractivity contribution in [3.63, 3.8) is 0 Å². The van der Waals surface area contributed by atoms with Crippen molar-refractivity contribution in [1.29, 1.82) is 0 Å². The molecule has 0 unspecified atom stereocenters. The van der Waals surface area contributed by atoms with E-state index in [9.17, 15) is 9.70 Å². The number of carbonyl (C=O) groups is 1. The standard InChI is InChI=1S/C16H20N2O4/c1-21-15(19)13-9-16(8-7-14(13)18(16)17-20)11-22-10-12-5-3-2-4-6-12/h2-6,13-14H,7-11H2,1H3/t13-,14-,16+/m0/s1. The van der Waals surface area contributed by atoms with E-state index in [2.05, 4.69) is 5.29 Å². The molecule has 2 aliphatic heterocycles. The van der Waals surface area contributed by atoms with Gasteiger partial charge in [-0.15, -0.1) is 4.91 Å². The van der Waals surface area contributed by atoms with Gasteiger partial charge in [0.2, 0.25) is 0 Å². The van der Waals surface area contributed by atoms with Crippen LogP contribution < -0.4 is 0 Å². The topological polar surface area (TPSA) is 68.2 Å². The molecule has 3 atom stereocenters. The van der Waals surface area contributed by atoms with Gasteiger partial charge >= 0.3 is 5.97 Å². The molecule has 0 radical (unpaired) electrons. The van der Waals surface area contributed by atoms with Crippen LogP contribution in [0.5, 0.6) is 0 Å². The molecule has 2 heterocycles. The molecule has 0 amide bonds. The number of esters is 1. The van der Waals surface area contributed by atoms with Crippen molar-refractivity contribution in [3.05, 3.63) is 40.8 Å². The molecule has 3 rings (SSSR count).